The first kappa shape index (κ1) is 17.6. The molecule has 0 heterocycles. The minimum Gasteiger partial charge on any atom is -0.395 e. The second-order valence-corrected chi connectivity index (χ2v) is 7.67. The second kappa shape index (κ2) is 6.15. The normalized spacial score (nSPS) is 12.7. The van der Waals surface area contributed by atoms with Crippen molar-refractivity contribution in [1.29, 1.82) is 0 Å². The van der Waals surface area contributed by atoms with E-state index in [9.17, 15) is 12.8 Å². The van der Waals surface area contributed by atoms with Gasteiger partial charge in [-0.2, -0.15) is 0 Å². The molecule has 0 aliphatic heterocycles. The van der Waals surface area contributed by atoms with Crippen LogP contribution in [0.3, 0.4) is 0 Å². The second-order valence-electron chi connectivity index (χ2n) is 4.82. The summed E-state index contributed by atoms with van der Waals surface area (Å²) in [5.41, 5.74) is 4.21. The van der Waals surface area contributed by atoms with Gasteiger partial charge in [0.25, 0.3) is 0 Å². The third kappa shape index (κ3) is 3.82. The molecule has 3 N–H and O–H groups in total. The van der Waals surface area contributed by atoms with E-state index < -0.39 is 26.3 Å². The van der Waals surface area contributed by atoms with Gasteiger partial charge in [-0.15, -0.1) is 0 Å². The highest BCUT2D eigenvalue weighted by molar-refractivity contribution is 9.10. The van der Waals surface area contributed by atoms with Crippen LogP contribution in [0.5, 0.6) is 0 Å². The van der Waals surface area contributed by atoms with Crippen molar-refractivity contribution in [2.45, 2.75) is 24.3 Å². The quantitative estimate of drug-likeness (QED) is 0.599. The van der Waals surface area contributed by atoms with E-state index >= 15 is 0 Å². The van der Waals surface area contributed by atoms with Crippen LogP contribution in [0.2, 0.25) is 5.02 Å². The van der Waals surface area contributed by atoms with Crippen LogP contribution in [0.1, 0.15) is 13.8 Å². The molecule has 1 rings (SSSR count). The van der Waals surface area contributed by atoms with Gasteiger partial charge in [-0.3, -0.25) is 0 Å². The minimum absolute atomic E-state index is 0.00817. The topological polar surface area (TPSA) is 81.4 Å². The lowest BCUT2D eigenvalue weighted by molar-refractivity contribution is 0.141. The fourth-order valence-corrected chi connectivity index (χ4v) is 3.68. The summed E-state index contributed by atoms with van der Waals surface area (Å²) in [6.45, 7) is 3.33. The molecule has 5 nitrogen and oxygen atoms in total. The summed E-state index contributed by atoms with van der Waals surface area (Å²) in [5.74, 6) is -1.05. The first-order valence-corrected chi connectivity index (χ1v) is 8.13. The Kier molecular flexibility index (Phi) is 5.42. The maximum atomic E-state index is 14.0. The van der Waals surface area contributed by atoms with Gasteiger partial charge in [0.2, 0.25) is 10.0 Å². The van der Waals surface area contributed by atoms with E-state index in [-0.39, 0.29) is 21.8 Å². The number of hydrogen-bond donors (Lipinski definition) is 2. The van der Waals surface area contributed by atoms with Crippen molar-refractivity contribution in [2.24, 2.45) is 0 Å². The largest absolute Gasteiger partial charge is 0.395 e. The number of nitrogens with one attached hydrogen (secondary N) is 1. The molecule has 1 aromatic rings. The highest BCUT2D eigenvalue weighted by Gasteiger charge is 2.30. The average Bonchev–Trinajstić information content (AvgIpc) is 2.29. The van der Waals surface area contributed by atoms with Crippen molar-refractivity contribution in [2.75, 3.05) is 19.5 Å². The van der Waals surface area contributed by atoms with Gasteiger partial charge < -0.3 is 10.5 Å². The number of hydrogen-bond acceptors (Lipinski definition) is 4. The van der Waals surface area contributed by atoms with Gasteiger partial charge in [-0.05, 0) is 35.8 Å². The molecule has 20 heavy (non-hydrogen) atoms. The third-order valence-electron chi connectivity index (χ3n) is 2.36. The van der Waals surface area contributed by atoms with Crippen LogP contribution in [0.4, 0.5) is 10.1 Å². The zero-order chi connectivity index (χ0) is 15.7. The highest BCUT2D eigenvalue weighted by atomic mass is 79.9. The van der Waals surface area contributed by atoms with E-state index in [1.54, 1.807) is 13.8 Å². The molecule has 0 aliphatic carbocycles. The van der Waals surface area contributed by atoms with Gasteiger partial charge >= 0.3 is 0 Å². The number of nitrogen functional groups attached to an aromatic ring is 1. The lowest BCUT2D eigenvalue weighted by Crippen LogP contribution is -2.46. The van der Waals surface area contributed by atoms with Crippen LogP contribution in [-0.4, -0.2) is 27.7 Å². The first-order valence-electron chi connectivity index (χ1n) is 5.48. The van der Waals surface area contributed by atoms with Crippen LogP contribution in [-0.2, 0) is 14.8 Å². The maximum Gasteiger partial charge on any atom is 0.244 e. The number of ether oxygens (including phenoxy) is 1. The molecule has 0 atom stereocenters. The average molecular weight is 390 g/mol. The Morgan fingerprint density at radius 1 is 1.55 bits per heavy atom. The number of methoxy groups -OCH3 is 1. The van der Waals surface area contributed by atoms with Gasteiger partial charge in [0.1, 0.15) is 4.90 Å². The molecular weight excluding hydrogens is 375 g/mol. The van der Waals surface area contributed by atoms with E-state index in [2.05, 4.69) is 20.7 Å². The summed E-state index contributed by atoms with van der Waals surface area (Å²) >= 11 is 8.80. The summed E-state index contributed by atoms with van der Waals surface area (Å²) in [7, 11) is -2.69. The Bertz CT molecular complexity index is 623. The summed E-state index contributed by atoms with van der Waals surface area (Å²) in [6.07, 6.45) is 0. The van der Waals surface area contributed by atoms with Crippen molar-refractivity contribution in [3.05, 3.63) is 21.4 Å². The maximum absolute atomic E-state index is 14.0. The molecule has 0 fully saturated rings. The van der Waals surface area contributed by atoms with Crippen LogP contribution >= 0.6 is 27.5 Å². The monoisotopic (exact) mass is 388 g/mol. The molecule has 0 bridgehead atoms. The van der Waals surface area contributed by atoms with E-state index in [0.717, 1.165) is 6.07 Å². The molecule has 0 amide bonds. The Morgan fingerprint density at radius 2 is 2.10 bits per heavy atom. The molecule has 1 aromatic carbocycles. The Balaban J connectivity index is 3.31. The van der Waals surface area contributed by atoms with Crippen LogP contribution in [0, 0.1) is 5.82 Å². The minimum atomic E-state index is -4.12. The molecule has 9 heteroatoms. The SMILES string of the molecule is COCC(C)(C)NS(=O)(=O)c1cc(Cl)c(Br)c(N)c1F. The van der Waals surface area contributed by atoms with E-state index in [1.807, 2.05) is 0 Å². The zero-order valence-electron chi connectivity index (χ0n) is 11.1. The lowest BCUT2D eigenvalue weighted by atomic mass is 10.1. The van der Waals surface area contributed by atoms with Gasteiger partial charge in [0.05, 0.1) is 27.3 Å². The van der Waals surface area contributed by atoms with E-state index in [4.69, 9.17) is 22.1 Å². The molecule has 0 aromatic heterocycles. The Labute approximate surface area is 130 Å². The van der Waals surface area contributed by atoms with Crippen molar-refractivity contribution >= 4 is 43.2 Å². The molecule has 0 saturated heterocycles. The predicted molar refractivity (Wildman–Crippen MR) is 79.8 cm³/mol. The zero-order valence-corrected chi connectivity index (χ0v) is 14.3. The van der Waals surface area contributed by atoms with Gasteiger partial charge in [0.15, 0.2) is 5.82 Å². The molecule has 114 valence electrons. The first-order chi connectivity index (χ1) is 9.02. The molecule has 0 aliphatic rings. The Morgan fingerprint density at radius 3 is 2.60 bits per heavy atom. The smallest absolute Gasteiger partial charge is 0.244 e. The number of rotatable bonds is 5. The standard InChI is InChI=1S/C11H15BrClFN2O3S/c1-11(2,5-19-3)16-20(17,18)7-4-6(13)8(12)10(15)9(7)14/h4,16H,5,15H2,1-3H3. The number of anilines is 1. The lowest BCUT2D eigenvalue weighted by Gasteiger charge is -2.25. The van der Waals surface area contributed by atoms with Gasteiger partial charge in [-0.1, -0.05) is 11.6 Å². The number of halogens is 3. The van der Waals surface area contributed by atoms with E-state index in [0.29, 0.717) is 0 Å². The fraction of sp³-hybridized carbons (Fsp3) is 0.455. The number of benzene rings is 1. The van der Waals surface area contributed by atoms with Gasteiger partial charge in [0, 0.05) is 7.11 Å². The number of sulfonamides is 1. The van der Waals surface area contributed by atoms with Crippen molar-refractivity contribution in [3.8, 4) is 0 Å². The van der Waals surface area contributed by atoms with Crippen molar-refractivity contribution < 1.29 is 17.5 Å². The molecule has 0 unspecified atom stereocenters. The van der Waals surface area contributed by atoms with E-state index in [1.165, 1.54) is 7.11 Å². The van der Waals surface area contributed by atoms with Gasteiger partial charge in [-0.25, -0.2) is 17.5 Å². The molecule has 0 saturated carbocycles. The summed E-state index contributed by atoms with van der Waals surface area (Å²) in [6, 6.07) is 1.00. The highest BCUT2D eigenvalue weighted by Crippen LogP contribution is 2.34. The summed E-state index contributed by atoms with van der Waals surface area (Å²) < 4.78 is 45.8. The van der Waals surface area contributed by atoms with Crippen molar-refractivity contribution in [1.82, 2.24) is 4.72 Å². The van der Waals surface area contributed by atoms with Crippen LogP contribution in [0.25, 0.3) is 0 Å². The predicted octanol–water partition coefficient (Wildman–Crippen LogP) is 2.53. The molecular formula is C11H15BrClFN2O3S. The summed E-state index contributed by atoms with van der Waals surface area (Å²) in [5, 5.41) is 0.00817. The summed E-state index contributed by atoms with van der Waals surface area (Å²) in [4.78, 5) is -0.604. The van der Waals surface area contributed by atoms with Crippen LogP contribution < -0.4 is 10.5 Å². The van der Waals surface area contributed by atoms with Crippen molar-refractivity contribution in [3.63, 3.8) is 0 Å². The fourth-order valence-electron chi connectivity index (χ4n) is 1.60. The Hall–Kier alpha value is -0.410. The molecule has 0 spiro atoms. The number of nitrogens with two attached hydrogens (primary N) is 1. The van der Waals surface area contributed by atoms with Crippen LogP contribution in [0.15, 0.2) is 15.4 Å². The molecule has 0 radical (unpaired) electrons. The third-order valence-corrected chi connectivity index (χ3v) is 5.44.